The van der Waals surface area contributed by atoms with Crippen molar-refractivity contribution < 1.29 is 4.79 Å². The first kappa shape index (κ1) is 16.4. The van der Waals surface area contributed by atoms with E-state index in [4.69, 9.17) is 0 Å². The predicted molar refractivity (Wildman–Crippen MR) is 85.5 cm³/mol. The van der Waals surface area contributed by atoms with E-state index >= 15 is 0 Å². The molecule has 0 heterocycles. The van der Waals surface area contributed by atoms with E-state index in [0.717, 1.165) is 13.0 Å². The number of carbonyl (C=O) groups excluding carboxylic acids is 1. The topological polar surface area (TPSA) is 41.1 Å². The largest absolute Gasteiger partial charge is 0.354 e. The lowest BCUT2D eigenvalue weighted by molar-refractivity contribution is -0.121. The van der Waals surface area contributed by atoms with Crippen LogP contribution in [0.2, 0.25) is 0 Å². The molecule has 1 aromatic carbocycles. The Morgan fingerprint density at radius 3 is 2.65 bits per heavy atom. The minimum atomic E-state index is 0.122. The second-order valence-electron chi connectivity index (χ2n) is 5.20. The van der Waals surface area contributed by atoms with Crippen molar-refractivity contribution in [3.8, 4) is 0 Å². The second-order valence-corrected chi connectivity index (χ2v) is 5.20. The van der Waals surface area contributed by atoms with Gasteiger partial charge in [0.2, 0.25) is 5.91 Å². The minimum absolute atomic E-state index is 0.122. The van der Waals surface area contributed by atoms with Crippen LogP contribution in [0.4, 0.5) is 0 Å². The fourth-order valence-electron chi connectivity index (χ4n) is 1.82. The van der Waals surface area contributed by atoms with Crippen LogP contribution in [0.5, 0.6) is 0 Å². The van der Waals surface area contributed by atoms with E-state index in [1.807, 2.05) is 25.1 Å². The van der Waals surface area contributed by atoms with Gasteiger partial charge in [-0.1, -0.05) is 48.9 Å². The van der Waals surface area contributed by atoms with Gasteiger partial charge in [0.05, 0.1) is 0 Å². The van der Waals surface area contributed by atoms with Crippen molar-refractivity contribution in [1.82, 2.24) is 10.6 Å². The summed E-state index contributed by atoms with van der Waals surface area (Å²) in [5.41, 5.74) is 2.47. The summed E-state index contributed by atoms with van der Waals surface area (Å²) in [6.45, 7) is 7.71. The summed E-state index contributed by atoms with van der Waals surface area (Å²) in [4.78, 5) is 11.6. The van der Waals surface area contributed by atoms with Crippen molar-refractivity contribution in [2.45, 2.75) is 39.7 Å². The Bertz CT molecular complexity index is 426. The Balaban J connectivity index is 2.21. The zero-order valence-electron chi connectivity index (χ0n) is 12.8. The lowest BCUT2D eigenvalue weighted by Gasteiger charge is -2.11. The molecule has 20 heavy (non-hydrogen) atoms. The van der Waals surface area contributed by atoms with Crippen LogP contribution in [0, 0.1) is 0 Å². The molecule has 0 aromatic heterocycles. The average molecular weight is 274 g/mol. The molecular weight excluding hydrogens is 248 g/mol. The minimum Gasteiger partial charge on any atom is -0.354 e. The molecule has 0 aliphatic rings. The fourth-order valence-corrected chi connectivity index (χ4v) is 1.82. The molecule has 0 aliphatic carbocycles. The van der Waals surface area contributed by atoms with E-state index < -0.39 is 0 Å². The van der Waals surface area contributed by atoms with Crippen LogP contribution in [0.15, 0.2) is 35.9 Å². The summed E-state index contributed by atoms with van der Waals surface area (Å²) in [6.07, 6.45) is 3.66. The lowest BCUT2D eigenvalue weighted by atomic mass is 10.1. The first-order valence-electron chi connectivity index (χ1n) is 7.34. The third-order valence-corrected chi connectivity index (χ3v) is 3.17. The van der Waals surface area contributed by atoms with E-state index in [-0.39, 0.29) is 11.9 Å². The molecule has 1 rings (SSSR count). The normalized spacial score (nSPS) is 13.1. The highest BCUT2D eigenvalue weighted by Crippen LogP contribution is 2.05. The van der Waals surface area contributed by atoms with Gasteiger partial charge >= 0.3 is 0 Å². The lowest BCUT2D eigenvalue weighted by Crippen LogP contribution is -2.34. The smallest absolute Gasteiger partial charge is 0.221 e. The molecule has 0 aliphatic heterocycles. The van der Waals surface area contributed by atoms with Gasteiger partial charge in [-0.15, -0.1) is 0 Å². The van der Waals surface area contributed by atoms with Crippen LogP contribution in [-0.2, 0) is 4.79 Å². The highest BCUT2D eigenvalue weighted by molar-refractivity contribution is 5.76. The van der Waals surface area contributed by atoms with Crippen molar-refractivity contribution in [1.29, 1.82) is 0 Å². The molecule has 1 amide bonds. The number of hydrogen-bond donors (Lipinski definition) is 2. The molecule has 0 fully saturated rings. The van der Waals surface area contributed by atoms with Crippen LogP contribution in [0.1, 0.15) is 39.2 Å². The zero-order valence-corrected chi connectivity index (χ0v) is 12.8. The molecular formula is C17H26N2O. The maximum atomic E-state index is 11.6. The first-order valence-corrected chi connectivity index (χ1v) is 7.34. The van der Waals surface area contributed by atoms with Crippen LogP contribution in [0.3, 0.4) is 0 Å². The summed E-state index contributed by atoms with van der Waals surface area (Å²) in [5, 5.41) is 6.26. The van der Waals surface area contributed by atoms with Crippen molar-refractivity contribution in [3.63, 3.8) is 0 Å². The van der Waals surface area contributed by atoms with Gasteiger partial charge in [-0.3, -0.25) is 4.79 Å². The van der Waals surface area contributed by atoms with Crippen molar-refractivity contribution in [3.05, 3.63) is 41.5 Å². The molecule has 3 heteroatoms. The molecule has 2 N–H and O–H groups in total. The quantitative estimate of drug-likeness (QED) is 0.716. The third kappa shape index (κ3) is 7.10. The molecule has 0 saturated carbocycles. The fraction of sp³-hybridized carbons (Fsp3) is 0.471. The summed E-state index contributed by atoms with van der Waals surface area (Å²) in [5.74, 6) is 0.122. The van der Waals surface area contributed by atoms with Gasteiger partial charge in [0.15, 0.2) is 0 Å². The molecule has 1 aromatic rings. The summed E-state index contributed by atoms with van der Waals surface area (Å²) < 4.78 is 0. The molecule has 1 atom stereocenters. The van der Waals surface area contributed by atoms with E-state index in [1.165, 1.54) is 11.1 Å². The number of nitrogens with one attached hydrogen (secondary N) is 2. The van der Waals surface area contributed by atoms with Gasteiger partial charge in [0, 0.05) is 25.6 Å². The van der Waals surface area contributed by atoms with E-state index in [1.54, 1.807) is 0 Å². The first-order chi connectivity index (χ1) is 9.61. The van der Waals surface area contributed by atoms with Crippen LogP contribution >= 0.6 is 0 Å². The number of amides is 1. The molecule has 0 spiro atoms. The predicted octanol–water partition coefficient (Wildman–Crippen LogP) is 2.98. The Morgan fingerprint density at radius 1 is 1.30 bits per heavy atom. The SMILES string of the molecule is CCC(C)NC(=O)CCNC/C(C)=C/c1ccccc1. The highest BCUT2D eigenvalue weighted by Gasteiger charge is 2.04. The molecule has 110 valence electrons. The van der Waals surface area contributed by atoms with Gasteiger partial charge in [-0.2, -0.15) is 0 Å². The second kappa shape index (κ2) is 9.32. The number of carbonyl (C=O) groups is 1. The van der Waals surface area contributed by atoms with E-state index in [9.17, 15) is 4.79 Å². The highest BCUT2D eigenvalue weighted by atomic mass is 16.1. The van der Waals surface area contributed by atoms with Gasteiger partial charge in [-0.25, -0.2) is 0 Å². The molecule has 0 radical (unpaired) electrons. The van der Waals surface area contributed by atoms with Crippen molar-refractivity contribution >= 4 is 12.0 Å². The number of benzene rings is 1. The van der Waals surface area contributed by atoms with Gasteiger partial charge in [-0.05, 0) is 25.8 Å². The number of rotatable bonds is 8. The molecule has 0 bridgehead atoms. The standard InChI is InChI=1S/C17H26N2O/c1-4-15(3)19-17(20)10-11-18-13-14(2)12-16-8-6-5-7-9-16/h5-9,12,15,18H,4,10-11,13H2,1-3H3,(H,19,20)/b14-12+. The summed E-state index contributed by atoms with van der Waals surface area (Å²) >= 11 is 0. The molecule has 3 nitrogen and oxygen atoms in total. The zero-order chi connectivity index (χ0) is 14.8. The van der Waals surface area contributed by atoms with Gasteiger partial charge in [0.1, 0.15) is 0 Å². The average Bonchev–Trinajstić information content (AvgIpc) is 2.44. The Hall–Kier alpha value is -1.61. The Kier molecular flexibility index (Phi) is 7.66. The van der Waals surface area contributed by atoms with Crippen LogP contribution < -0.4 is 10.6 Å². The molecule has 0 saturated heterocycles. The van der Waals surface area contributed by atoms with Crippen molar-refractivity contribution in [2.24, 2.45) is 0 Å². The van der Waals surface area contributed by atoms with Gasteiger partial charge < -0.3 is 10.6 Å². The van der Waals surface area contributed by atoms with Crippen LogP contribution in [0.25, 0.3) is 6.08 Å². The summed E-state index contributed by atoms with van der Waals surface area (Å²) in [7, 11) is 0. The van der Waals surface area contributed by atoms with Crippen LogP contribution in [-0.4, -0.2) is 25.0 Å². The Labute approximate surface area is 122 Å². The third-order valence-electron chi connectivity index (χ3n) is 3.17. The summed E-state index contributed by atoms with van der Waals surface area (Å²) in [6, 6.07) is 10.5. The Morgan fingerprint density at radius 2 is 2.00 bits per heavy atom. The van der Waals surface area contributed by atoms with Crippen molar-refractivity contribution in [2.75, 3.05) is 13.1 Å². The maximum absolute atomic E-state index is 11.6. The maximum Gasteiger partial charge on any atom is 0.221 e. The van der Waals surface area contributed by atoms with Gasteiger partial charge in [0.25, 0.3) is 0 Å². The van der Waals surface area contributed by atoms with E-state index in [2.05, 4.69) is 42.7 Å². The van der Waals surface area contributed by atoms with E-state index in [0.29, 0.717) is 13.0 Å². The number of hydrogen-bond acceptors (Lipinski definition) is 2. The monoisotopic (exact) mass is 274 g/mol. The molecule has 1 unspecified atom stereocenters.